The Morgan fingerprint density at radius 1 is 1.23 bits per heavy atom. The summed E-state index contributed by atoms with van der Waals surface area (Å²) in [5, 5.41) is 3.52. The number of nitrogens with one attached hydrogen (secondary N) is 2. The van der Waals surface area contributed by atoms with Gasteiger partial charge in [0.1, 0.15) is 5.75 Å². The summed E-state index contributed by atoms with van der Waals surface area (Å²) in [6.07, 6.45) is 3.22. The van der Waals surface area contributed by atoms with E-state index in [4.69, 9.17) is 16.3 Å². The van der Waals surface area contributed by atoms with Gasteiger partial charge in [-0.15, -0.1) is 0 Å². The molecule has 3 rings (SSSR count). The second-order valence-electron chi connectivity index (χ2n) is 6.51. The molecule has 0 fully saturated rings. The Labute approximate surface area is 159 Å². The number of benzene rings is 2. The average Bonchev–Trinajstić information content (AvgIpc) is 2.68. The van der Waals surface area contributed by atoms with Crippen LogP contribution < -0.4 is 15.0 Å². The normalized spacial score (nSPS) is 18.0. The summed E-state index contributed by atoms with van der Waals surface area (Å²) in [6.45, 7) is 3.73. The molecular formula is C21H24ClN2O2+. The summed E-state index contributed by atoms with van der Waals surface area (Å²) < 4.78 is 5.30. The van der Waals surface area contributed by atoms with Crippen LogP contribution in [0.1, 0.15) is 18.9 Å². The van der Waals surface area contributed by atoms with E-state index in [-0.39, 0.29) is 11.9 Å². The van der Waals surface area contributed by atoms with E-state index in [1.807, 2.05) is 13.0 Å². The molecule has 0 aromatic heterocycles. The van der Waals surface area contributed by atoms with Crippen LogP contribution in [0.25, 0.3) is 5.57 Å². The lowest BCUT2D eigenvalue weighted by atomic mass is 9.99. The van der Waals surface area contributed by atoms with Crippen molar-refractivity contribution in [2.24, 2.45) is 0 Å². The largest absolute Gasteiger partial charge is 0.495 e. The number of hydrogen-bond acceptors (Lipinski definition) is 2. The fourth-order valence-corrected chi connectivity index (χ4v) is 3.44. The molecule has 1 aliphatic rings. The molecule has 1 unspecified atom stereocenters. The number of ether oxygens (including phenoxy) is 1. The summed E-state index contributed by atoms with van der Waals surface area (Å²) >= 11 is 6.04. The van der Waals surface area contributed by atoms with Crippen LogP contribution in [0.5, 0.6) is 5.75 Å². The molecule has 1 amide bonds. The lowest BCUT2D eigenvalue weighted by molar-refractivity contribution is -0.909. The van der Waals surface area contributed by atoms with Gasteiger partial charge in [-0.05, 0) is 42.3 Å². The molecule has 136 valence electrons. The number of carbonyl (C=O) groups excluding carboxylic acids is 1. The van der Waals surface area contributed by atoms with Gasteiger partial charge in [-0.25, -0.2) is 0 Å². The Morgan fingerprint density at radius 2 is 2.00 bits per heavy atom. The van der Waals surface area contributed by atoms with Crippen LogP contribution in [0, 0.1) is 0 Å². The van der Waals surface area contributed by atoms with Gasteiger partial charge >= 0.3 is 0 Å². The van der Waals surface area contributed by atoms with E-state index in [2.05, 4.69) is 35.7 Å². The molecule has 26 heavy (non-hydrogen) atoms. The Hall–Kier alpha value is -2.30. The first-order chi connectivity index (χ1) is 12.6. The number of amides is 1. The first-order valence-corrected chi connectivity index (χ1v) is 9.19. The fraction of sp³-hybridized carbons (Fsp3) is 0.286. The Morgan fingerprint density at radius 3 is 2.65 bits per heavy atom. The van der Waals surface area contributed by atoms with E-state index in [0.717, 1.165) is 19.5 Å². The molecule has 2 aromatic rings. The lowest BCUT2D eigenvalue weighted by Gasteiger charge is -2.28. The first kappa shape index (κ1) is 18.5. The average molecular weight is 372 g/mol. The standard InChI is InChI=1S/C21H23ClN2O2/c1-15(21(25)23-19-14-18(22)8-9-20(19)26-2)24-12-10-17(11-13-24)16-6-4-3-5-7-16/h3-10,14-15H,11-13H2,1-2H3,(H,23,25)/p+1/t15-/m0/s1. The third kappa shape index (κ3) is 4.26. The van der Waals surface area contributed by atoms with E-state index in [1.165, 1.54) is 16.0 Å². The molecule has 1 aliphatic heterocycles. The summed E-state index contributed by atoms with van der Waals surface area (Å²) in [4.78, 5) is 13.9. The molecule has 4 nitrogen and oxygen atoms in total. The summed E-state index contributed by atoms with van der Waals surface area (Å²) in [5.41, 5.74) is 3.24. The van der Waals surface area contributed by atoms with Crippen molar-refractivity contribution in [1.29, 1.82) is 0 Å². The minimum atomic E-state index is -0.160. The Kier molecular flexibility index (Phi) is 5.96. The zero-order chi connectivity index (χ0) is 18.5. The highest BCUT2D eigenvalue weighted by Crippen LogP contribution is 2.27. The van der Waals surface area contributed by atoms with Crippen molar-refractivity contribution in [1.82, 2.24) is 0 Å². The minimum absolute atomic E-state index is 0.0304. The maximum atomic E-state index is 12.7. The van der Waals surface area contributed by atoms with Crippen molar-refractivity contribution in [3.05, 3.63) is 65.2 Å². The molecule has 0 radical (unpaired) electrons. The molecule has 2 atom stereocenters. The number of rotatable bonds is 5. The van der Waals surface area contributed by atoms with Crippen LogP contribution >= 0.6 is 11.6 Å². The van der Waals surface area contributed by atoms with Crippen LogP contribution in [0.15, 0.2) is 54.6 Å². The second-order valence-corrected chi connectivity index (χ2v) is 6.95. The van der Waals surface area contributed by atoms with Crippen molar-refractivity contribution in [2.75, 3.05) is 25.5 Å². The third-order valence-corrected chi connectivity index (χ3v) is 5.13. The van der Waals surface area contributed by atoms with Crippen LogP contribution in [0.2, 0.25) is 5.02 Å². The Bertz CT molecular complexity index is 805. The van der Waals surface area contributed by atoms with Crippen molar-refractivity contribution in [3.8, 4) is 5.75 Å². The van der Waals surface area contributed by atoms with Gasteiger partial charge in [0.05, 0.1) is 25.9 Å². The van der Waals surface area contributed by atoms with Crippen LogP contribution in [0.4, 0.5) is 5.69 Å². The number of carbonyl (C=O) groups is 1. The molecule has 0 saturated carbocycles. The van der Waals surface area contributed by atoms with Crippen LogP contribution in [0.3, 0.4) is 0 Å². The van der Waals surface area contributed by atoms with E-state index in [0.29, 0.717) is 16.5 Å². The monoisotopic (exact) mass is 371 g/mol. The second kappa shape index (κ2) is 8.39. The number of methoxy groups -OCH3 is 1. The predicted molar refractivity (Wildman–Crippen MR) is 106 cm³/mol. The third-order valence-electron chi connectivity index (χ3n) is 4.90. The number of hydrogen-bond donors (Lipinski definition) is 2. The zero-order valence-electron chi connectivity index (χ0n) is 15.1. The van der Waals surface area contributed by atoms with Crippen molar-refractivity contribution >= 4 is 28.8 Å². The lowest BCUT2D eigenvalue weighted by Crippen LogP contribution is -3.17. The van der Waals surface area contributed by atoms with Gasteiger partial charge in [0, 0.05) is 11.4 Å². The van der Waals surface area contributed by atoms with Crippen molar-refractivity contribution in [3.63, 3.8) is 0 Å². The molecule has 2 N–H and O–H groups in total. The summed E-state index contributed by atoms with van der Waals surface area (Å²) in [6, 6.07) is 15.5. The van der Waals surface area contributed by atoms with E-state index in [1.54, 1.807) is 25.3 Å². The highest BCUT2D eigenvalue weighted by Gasteiger charge is 2.27. The number of anilines is 1. The van der Waals surface area contributed by atoms with E-state index < -0.39 is 0 Å². The molecule has 2 aromatic carbocycles. The van der Waals surface area contributed by atoms with Gasteiger partial charge in [-0.3, -0.25) is 4.79 Å². The summed E-state index contributed by atoms with van der Waals surface area (Å²) in [7, 11) is 1.58. The molecular weight excluding hydrogens is 348 g/mol. The minimum Gasteiger partial charge on any atom is -0.495 e. The topological polar surface area (TPSA) is 42.8 Å². The van der Waals surface area contributed by atoms with Gasteiger partial charge in [0.15, 0.2) is 6.04 Å². The maximum absolute atomic E-state index is 12.7. The molecule has 0 bridgehead atoms. The number of quaternary nitrogens is 1. The Balaban J connectivity index is 1.65. The summed E-state index contributed by atoms with van der Waals surface area (Å²) in [5.74, 6) is 0.576. The van der Waals surface area contributed by atoms with Gasteiger partial charge < -0.3 is 15.0 Å². The number of halogens is 1. The SMILES string of the molecule is COc1ccc(Cl)cc1NC(=O)[C@H](C)[NH+]1CC=C(c2ccccc2)CC1. The van der Waals surface area contributed by atoms with Crippen molar-refractivity contribution < 1.29 is 14.4 Å². The quantitative estimate of drug-likeness (QED) is 0.848. The first-order valence-electron chi connectivity index (χ1n) is 8.82. The van der Waals surface area contributed by atoms with E-state index >= 15 is 0 Å². The molecule has 0 spiro atoms. The van der Waals surface area contributed by atoms with Gasteiger partial charge in [-0.2, -0.15) is 0 Å². The maximum Gasteiger partial charge on any atom is 0.282 e. The fourth-order valence-electron chi connectivity index (χ4n) is 3.27. The van der Waals surface area contributed by atoms with Gasteiger partial charge in [-0.1, -0.05) is 41.9 Å². The molecule has 5 heteroatoms. The van der Waals surface area contributed by atoms with Gasteiger partial charge in [0.25, 0.3) is 5.91 Å². The van der Waals surface area contributed by atoms with E-state index in [9.17, 15) is 4.79 Å². The highest BCUT2D eigenvalue weighted by atomic mass is 35.5. The molecule has 0 aliphatic carbocycles. The highest BCUT2D eigenvalue weighted by molar-refractivity contribution is 6.31. The van der Waals surface area contributed by atoms with Crippen LogP contribution in [-0.4, -0.2) is 32.1 Å². The van der Waals surface area contributed by atoms with Crippen LogP contribution in [-0.2, 0) is 4.79 Å². The zero-order valence-corrected chi connectivity index (χ0v) is 15.8. The molecule has 0 saturated heterocycles. The predicted octanol–water partition coefficient (Wildman–Crippen LogP) is 3.05. The van der Waals surface area contributed by atoms with Crippen molar-refractivity contribution in [2.45, 2.75) is 19.4 Å². The van der Waals surface area contributed by atoms with Gasteiger partial charge in [0.2, 0.25) is 0 Å². The molecule has 1 heterocycles. The smallest absolute Gasteiger partial charge is 0.282 e.